The summed E-state index contributed by atoms with van der Waals surface area (Å²) in [6.45, 7) is 5.64. The Morgan fingerprint density at radius 2 is 1.91 bits per heavy atom. The van der Waals surface area contributed by atoms with Gasteiger partial charge in [0.2, 0.25) is 0 Å². The monoisotopic (exact) mass is 359 g/mol. The maximum atomic E-state index is 12.2. The third-order valence-electron chi connectivity index (χ3n) is 3.65. The summed E-state index contributed by atoms with van der Waals surface area (Å²) in [5.41, 5.74) is 0.0424. The largest absolute Gasteiger partial charge is 0.481 e. The molecular formula is C16H19Cl2NO4. The van der Waals surface area contributed by atoms with Crippen molar-refractivity contribution in [1.82, 2.24) is 4.90 Å². The van der Waals surface area contributed by atoms with Gasteiger partial charge in [-0.05, 0) is 38.5 Å². The van der Waals surface area contributed by atoms with Crippen LogP contribution in [0.5, 0.6) is 0 Å². The maximum Gasteiger partial charge on any atom is 0.410 e. The van der Waals surface area contributed by atoms with E-state index in [1.807, 2.05) is 0 Å². The zero-order chi connectivity index (χ0) is 17.4. The minimum Gasteiger partial charge on any atom is -0.481 e. The number of likely N-dealkylation sites (tertiary alicyclic amines) is 1. The Balaban J connectivity index is 2.25. The van der Waals surface area contributed by atoms with Gasteiger partial charge in [-0.1, -0.05) is 29.3 Å². The molecule has 2 atom stereocenters. The molecule has 1 amide bonds. The minimum absolute atomic E-state index is 0.0911. The molecule has 1 saturated heterocycles. The van der Waals surface area contributed by atoms with E-state index in [9.17, 15) is 14.7 Å². The Hall–Kier alpha value is -1.46. The number of hydrogen-bond acceptors (Lipinski definition) is 3. The Bertz CT molecular complexity index is 627. The molecule has 1 heterocycles. The fourth-order valence-corrected chi connectivity index (χ4v) is 3.20. The summed E-state index contributed by atoms with van der Waals surface area (Å²) in [5.74, 6) is -2.10. The van der Waals surface area contributed by atoms with E-state index in [1.165, 1.54) is 4.90 Å². The summed E-state index contributed by atoms with van der Waals surface area (Å²) in [6.07, 6.45) is -0.517. The predicted molar refractivity (Wildman–Crippen MR) is 88.1 cm³/mol. The third kappa shape index (κ3) is 4.30. The van der Waals surface area contributed by atoms with Crippen molar-refractivity contribution in [3.8, 4) is 0 Å². The molecule has 23 heavy (non-hydrogen) atoms. The molecule has 5 nitrogen and oxygen atoms in total. The summed E-state index contributed by atoms with van der Waals surface area (Å²) in [5, 5.41) is 10.4. The second-order valence-electron chi connectivity index (χ2n) is 6.60. The molecule has 126 valence electrons. The van der Waals surface area contributed by atoms with Crippen LogP contribution in [-0.4, -0.2) is 40.8 Å². The van der Waals surface area contributed by atoms with Gasteiger partial charge in [0.25, 0.3) is 0 Å². The van der Waals surface area contributed by atoms with Crippen LogP contribution in [0.3, 0.4) is 0 Å². The summed E-state index contributed by atoms with van der Waals surface area (Å²) in [6, 6.07) is 4.95. The number of aliphatic carboxylic acids is 1. The van der Waals surface area contributed by atoms with Gasteiger partial charge in [-0.25, -0.2) is 4.79 Å². The average Bonchev–Trinajstić information content (AvgIpc) is 2.81. The molecule has 0 aliphatic carbocycles. The van der Waals surface area contributed by atoms with Crippen molar-refractivity contribution < 1.29 is 19.4 Å². The first kappa shape index (κ1) is 17.9. The van der Waals surface area contributed by atoms with Gasteiger partial charge in [-0.15, -0.1) is 0 Å². The van der Waals surface area contributed by atoms with Gasteiger partial charge in [0, 0.05) is 29.1 Å². The van der Waals surface area contributed by atoms with Crippen molar-refractivity contribution in [2.24, 2.45) is 5.92 Å². The highest BCUT2D eigenvalue weighted by atomic mass is 35.5. The van der Waals surface area contributed by atoms with Crippen molar-refractivity contribution in [3.05, 3.63) is 33.8 Å². The molecule has 1 aliphatic heterocycles. The Morgan fingerprint density at radius 1 is 1.26 bits per heavy atom. The fourth-order valence-electron chi connectivity index (χ4n) is 2.65. The van der Waals surface area contributed by atoms with Gasteiger partial charge in [0.15, 0.2) is 0 Å². The predicted octanol–water partition coefficient (Wildman–Crippen LogP) is 4.03. The van der Waals surface area contributed by atoms with Crippen LogP contribution in [0.4, 0.5) is 4.79 Å². The van der Waals surface area contributed by atoms with Crippen LogP contribution in [0.1, 0.15) is 32.3 Å². The van der Waals surface area contributed by atoms with Gasteiger partial charge in [-0.3, -0.25) is 4.79 Å². The molecule has 2 rings (SSSR count). The lowest BCUT2D eigenvalue weighted by molar-refractivity contribution is -0.141. The van der Waals surface area contributed by atoms with Crippen LogP contribution in [0, 0.1) is 5.92 Å². The zero-order valence-electron chi connectivity index (χ0n) is 13.2. The van der Waals surface area contributed by atoms with Crippen LogP contribution >= 0.6 is 23.2 Å². The van der Waals surface area contributed by atoms with Crippen molar-refractivity contribution in [2.75, 3.05) is 13.1 Å². The van der Waals surface area contributed by atoms with Gasteiger partial charge >= 0.3 is 12.1 Å². The lowest BCUT2D eigenvalue weighted by atomic mass is 9.89. The van der Waals surface area contributed by atoms with Crippen LogP contribution in [-0.2, 0) is 9.53 Å². The SMILES string of the molecule is CC(C)(C)OC(=O)N1C[C@@H](C(=O)O)[C@H](c2ccc(Cl)cc2Cl)C1. The van der Waals surface area contributed by atoms with E-state index in [1.54, 1.807) is 39.0 Å². The number of hydrogen-bond donors (Lipinski definition) is 1. The molecule has 1 aliphatic rings. The first-order chi connectivity index (χ1) is 10.6. The highest BCUT2D eigenvalue weighted by Crippen LogP contribution is 2.38. The van der Waals surface area contributed by atoms with Gasteiger partial charge < -0.3 is 14.7 Å². The van der Waals surface area contributed by atoms with E-state index >= 15 is 0 Å². The van der Waals surface area contributed by atoms with E-state index in [4.69, 9.17) is 27.9 Å². The molecule has 1 aromatic rings. The number of carbonyl (C=O) groups is 2. The number of ether oxygens (including phenoxy) is 1. The zero-order valence-corrected chi connectivity index (χ0v) is 14.7. The van der Waals surface area contributed by atoms with E-state index in [2.05, 4.69) is 0 Å². The Labute approximate surface area is 145 Å². The number of carboxylic acid groups (broad SMARTS) is 1. The topological polar surface area (TPSA) is 66.8 Å². The van der Waals surface area contributed by atoms with Crippen LogP contribution in [0.25, 0.3) is 0 Å². The maximum absolute atomic E-state index is 12.2. The lowest BCUT2D eigenvalue weighted by Crippen LogP contribution is -2.35. The number of carbonyl (C=O) groups excluding carboxylic acids is 1. The molecule has 7 heteroatoms. The molecule has 0 spiro atoms. The standard InChI is InChI=1S/C16H19Cl2NO4/c1-16(2,3)23-15(22)19-7-11(12(8-19)14(20)21)10-5-4-9(17)6-13(10)18/h4-6,11-12H,7-8H2,1-3H3,(H,20,21)/t11-,12+/m0/s1. The molecule has 0 unspecified atom stereocenters. The highest BCUT2D eigenvalue weighted by molar-refractivity contribution is 6.35. The second kappa shape index (κ2) is 6.57. The smallest absolute Gasteiger partial charge is 0.410 e. The van der Waals surface area contributed by atoms with Crippen molar-refractivity contribution >= 4 is 35.3 Å². The van der Waals surface area contributed by atoms with Gasteiger partial charge in [-0.2, -0.15) is 0 Å². The Kier molecular flexibility index (Phi) is 5.11. The molecule has 1 aromatic carbocycles. The third-order valence-corrected chi connectivity index (χ3v) is 4.21. The molecule has 0 radical (unpaired) electrons. The van der Waals surface area contributed by atoms with E-state index in [0.717, 1.165) is 0 Å². The first-order valence-corrected chi connectivity index (χ1v) is 8.00. The van der Waals surface area contributed by atoms with E-state index in [-0.39, 0.29) is 13.1 Å². The quantitative estimate of drug-likeness (QED) is 0.865. The number of amides is 1. The number of nitrogens with zero attached hydrogens (tertiary/aromatic N) is 1. The molecule has 1 fully saturated rings. The van der Waals surface area contributed by atoms with E-state index < -0.39 is 29.5 Å². The fraction of sp³-hybridized carbons (Fsp3) is 0.500. The molecular weight excluding hydrogens is 341 g/mol. The normalized spacial score (nSPS) is 21.3. The van der Waals surface area contributed by atoms with Crippen LogP contribution in [0.15, 0.2) is 18.2 Å². The summed E-state index contributed by atoms with van der Waals surface area (Å²) in [7, 11) is 0. The Morgan fingerprint density at radius 3 is 2.43 bits per heavy atom. The average molecular weight is 360 g/mol. The van der Waals surface area contributed by atoms with E-state index in [0.29, 0.717) is 15.6 Å². The minimum atomic E-state index is -0.966. The van der Waals surface area contributed by atoms with Crippen LogP contribution in [0.2, 0.25) is 10.0 Å². The summed E-state index contributed by atoms with van der Waals surface area (Å²) in [4.78, 5) is 25.2. The number of halogens is 2. The van der Waals surface area contributed by atoms with Crippen LogP contribution < -0.4 is 0 Å². The molecule has 1 N–H and O–H groups in total. The van der Waals surface area contributed by atoms with Crippen molar-refractivity contribution in [1.29, 1.82) is 0 Å². The number of benzene rings is 1. The summed E-state index contributed by atoms with van der Waals surface area (Å²) >= 11 is 12.1. The first-order valence-electron chi connectivity index (χ1n) is 7.24. The van der Waals surface area contributed by atoms with Gasteiger partial charge in [0.05, 0.1) is 5.92 Å². The number of carboxylic acids is 1. The molecule has 0 saturated carbocycles. The van der Waals surface area contributed by atoms with Crippen molar-refractivity contribution in [3.63, 3.8) is 0 Å². The molecule has 0 bridgehead atoms. The summed E-state index contributed by atoms with van der Waals surface area (Å²) < 4.78 is 5.32. The van der Waals surface area contributed by atoms with Gasteiger partial charge in [0.1, 0.15) is 5.60 Å². The molecule has 0 aromatic heterocycles. The lowest BCUT2D eigenvalue weighted by Gasteiger charge is -2.24. The second-order valence-corrected chi connectivity index (χ2v) is 7.45. The highest BCUT2D eigenvalue weighted by Gasteiger charge is 2.42. The number of rotatable bonds is 2. The van der Waals surface area contributed by atoms with Crippen molar-refractivity contribution in [2.45, 2.75) is 32.3 Å².